The Morgan fingerprint density at radius 3 is 2.55 bits per heavy atom. The molecule has 1 aliphatic rings. The second kappa shape index (κ2) is 3.52. The minimum absolute atomic E-state index is 0.0556. The summed E-state index contributed by atoms with van der Waals surface area (Å²) in [5, 5.41) is 12.9. The maximum atomic E-state index is 9.59. The fraction of sp³-hybridized carbons (Fsp3) is 1.00. The number of hydrogen-bond acceptors (Lipinski definition) is 3. The van der Waals surface area contributed by atoms with E-state index < -0.39 is 0 Å². The molecule has 0 spiro atoms. The quantitative estimate of drug-likeness (QED) is 0.517. The molecule has 0 bridgehead atoms. The average Bonchev–Trinajstić information content (AvgIpc) is 2.04. The van der Waals surface area contributed by atoms with Gasteiger partial charge in [0.25, 0.3) is 0 Å². The van der Waals surface area contributed by atoms with Gasteiger partial charge in [0.1, 0.15) is 0 Å². The van der Waals surface area contributed by atoms with Crippen LogP contribution in [0.2, 0.25) is 0 Å². The fourth-order valence-electron chi connectivity index (χ4n) is 1.62. The van der Waals surface area contributed by atoms with Gasteiger partial charge >= 0.3 is 0 Å². The van der Waals surface area contributed by atoms with Gasteiger partial charge in [-0.2, -0.15) is 0 Å². The molecule has 1 saturated heterocycles. The van der Waals surface area contributed by atoms with Crippen molar-refractivity contribution in [3.8, 4) is 0 Å². The van der Waals surface area contributed by atoms with Gasteiger partial charge in [0.2, 0.25) is 0 Å². The Morgan fingerprint density at radius 2 is 2.09 bits per heavy atom. The molecule has 1 unspecified atom stereocenters. The summed E-state index contributed by atoms with van der Waals surface area (Å²) in [5.41, 5.74) is 5.47. The molecule has 0 aromatic rings. The van der Waals surface area contributed by atoms with Gasteiger partial charge in [-0.1, -0.05) is 6.92 Å². The second-order valence-electron chi connectivity index (χ2n) is 3.66. The molecule has 0 amide bonds. The smallest absolute Gasteiger partial charge is 0.0716 e. The molecule has 0 aromatic carbocycles. The molecular weight excluding hydrogens is 140 g/mol. The summed E-state index contributed by atoms with van der Waals surface area (Å²) in [7, 11) is 0. The molecule has 3 nitrogen and oxygen atoms in total. The lowest BCUT2D eigenvalue weighted by molar-refractivity contribution is 0.0215. The summed E-state index contributed by atoms with van der Waals surface area (Å²) in [6.07, 6.45) is 1.74. The number of aliphatic hydroxyl groups excluding tert-OH is 1. The van der Waals surface area contributed by atoms with Crippen molar-refractivity contribution < 1.29 is 5.11 Å². The van der Waals surface area contributed by atoms with Crippen LogP contribution in [0, 0.1) is 5.41 Å². The van der Waals surface area contributed by atoms with E-state index in [0.29, 0.717) is 6.54 Å². The van der Waals surface area contributed by atoms with Crippen molar-refractivity contribution >= 4 is 0 Å². The first-order chi connectivity index (χ1) is 5.19. The molecule has 4 N–H and O–H groups in total. The lowest BCUT2D eigenvalue weighted by Gasteiger charge is -2.37. The van der Waals surface area contributed by atoms with Gasteiger partial charge in [-0.25, -0.2) is 0 Å². The van der Waals surface area contributed by atoms with E-state index in [1.165, 1.54) is 0 Å². The van der Waals surface area contributed by atoms with Crippen LogP contribution in [0.15, 0.2) is 0 Å². The molecule has 0 aromatic heterocycles. The predicted molar refractivity (Wildman–Crippen MR) is 45.3 cm³/mol. The van der Waals surface area contributed by atoms with Crippen LogP contribution in [0.25, 0.3) is 0 Å². The second-order valence-corrected chi connectivity index (χ2v) is 3.66. The summed E-state index contributed by atoms with van der Waals surface area (Å²) in [6, 6.07) is 0. The molecule has 0 saturated carbocycles. The maximum absolute atomic E-state index is 9.59. The van der Waals surface area contributed by atoms with Gasteiger partial charge in [-0.3, -0.25) is 0 Å². The number of nitrogens with two attached hydrogens (primary N) is 1. The molecule has 3 heteroatoms. The Kier molecular flexibility index (Phi) is 2.87. The van der Waals surface area contributed by atoms with Crippen molar-refractivity contribution in [1.29, 1.82) is 0 Å². The van der Waals surface area contributed by atoms with E-state index in [2.05, 4.69) is 12.2 Å². The summed E-state index contributed by atoms with van der Waals surface area (Å²) in [6.45, 7) is 4.52. The minimum atomic E-state index is -0.329. The third-order valence-corrected chi connectivity index (χ3v) is 2.77. The highest BCUT2D eigenvalue weighted by Gasteiger charge is 2.33. The van der Waals surface area contributed by atoms with Crippen molar-refractivity contribution in [1.82, 2.24) is 5.32 Å². The van der Waals surface area contributed by atoms with E-state index in [1.807, 2.05) is 0 Å². The van der Waals surface area contributed by atoms with Crippen LogP contribution in [0.5, 0.6) is 0 Å². The van der Waals surface area contributed by atoms with Crippen LogP contribution >= 0.6 is 0 Å². The molecule has 11 heavy (non-hydrogen) atoms. The molecule has 0 radical (unpaired) electrons. The lowest BCUT2D eigenvalue weighted by atomic mass is 9.76. The number of piperidine rings is 1. The van der Waals surface area contributed by atoms with E-state index in [1.54, 1.807) is 0 Å². The molecule has 1 atom stereocenters. The molecule has 1 rings (SSSR count). The summed E-state index contributed by atoms with van der Waals surface area (Å²) in [4.78, 5) is 0. The van der Waals surface area contributed by atoms with Crippen molar-refractivity contribution in [3.63, 3.8) is 0 Å². The molecule has 1 fully saturated rings. The third kappa shape index (κ3) is 1.92. The summed E-state index contributed by atoms with van der Waals surface area (Å²) < 4.78 is 0. The highest BCUT2D eigenvalue weighted by molar-refractivity contribution is 4.87. The molecule has 1 heterocycles. The Balaban J connectivity index is 2.49. The SMILES string of the molecule is CC1(C(O)CN)CCNCC1. The van der Waals surface area contributed by atoms with Gasteiger partial charge in [-0.05, 0) is 31.3 Å². The van der Waals surface area contributed by atoms with Gasteiger partial charge in [0, 0.05) is 6.54 Å². The van der Waals surface area contributed by atoms with Crippen LogP contribution in [0.3, 0.4) is 0 Å². The van der Waals surface area contributed by atoms with Crippen molar-refractivity contribution in [2.24, 2.45) is 11.1 Å². The van der Waals surface area contributed by atoms with Gasteiger partial charge in [0.05, 0.1) is 6.10 Å². The Bertz CT molecular complexity index is 121. The van der Waals surface area contributed by atoms with E-state index in [0.717, 1.165) is 25.9 Å². The van der Waals surface area contributed by atoms with Gasteiger partial charge in [-0.15, -0.1) is 0 Å². The number of aliphatic hydroxyl groups is 1. The highest BCUT2D eigenvalue weighted by Crippen LogP contribution is 2.31. The molecular formula is C8H18N2O. The van der Waals surface area contributed by atoms with Crippen LogP contribution in [0.4, 0.5) is 0 Å². The number of nitrogens with one attached hydrogen (secondary N) is 1. The molecule has 1 aliphatic heterocycles. The predicted octanol–water partition coefficient (Wildman–Crippen LogP) is -0.304. The third-order valence-electron chi connectivity index (χ3n) is 2.77. The van der Waals surface area contributed by atoms with E-state index in [9.17, 15) is 5.11 Å². The summed E-state index contributed by atoms with van der Waals surface area (Å²) in [5.74, 6) is 0. The normalized spacial score (nSPS) is 26.5. The average molecular weight is 158 g/mol. The van der Waals surface area contributed by atoms with Crippen LogP contribution in [-0.2, 0) is 0 Å². The lowest BCUT2D eigenvalue weighted by Crippen LogP contribution is -2.45. The maximum Gasteiger partial charge on any atom is 0.0716 e. The van der Waals surface area contributed by atoms with E-state index in [-0.39, 0.29) is 11.5 Å². The Morgan fingerprint density at radius 1 is 1.55 bits per heavy atom. The van der Waals surface area contributed by atoms with Crippen molar-refractivity contribution in [2.45, 2.75) is 25.9 Å². The van der Waals surface area contributed by atoms with Gasteiger partial charge in [0.15, 0.2) is 0 Å². The minimum Gasteiger partial charge on any atom is -0.391 e. The highest BCUT2D eigenvalue weighted by atomic mass is 16.3. The van der Waals surface area contributed by atoms with Gasteiger partial charge < -0.3 is 16.2 Å². The number of rotatable bonds is 2. The van der Waals surface area contributed by atoms with E-state index >= 15 is 0 Å². The standard InChI is InChI=1S/C8H18N2O/c1-8(7(11)6-9)2-4-10-5-3-8/h7,10-11H,2-6,9H2,1H3. The topological polar surface area (TPSA) is 58.3 Å². The zero-order chi connectivity index (χ0) is 8.32. The first-order valence-corrected chi connectivity index (χ1v) is 4.28. The summed E-state index contributed by atoms with van der Waals surface area (Å²) >= 11 is 0. The van der Waals surface area contributed by atoms with Crippen LogP contribution in [-0.4, -0.2) is 30.8 Å². The van der Waals surface area contributed by atoms with Crippen LogP contribution in [0.1, 0.15) is 19.8 Å². The van der Waals surface area contributed by atoms with Crippen molar-refractivity contribution in [2.75, 3.05) is 19.6 Å². The Hall–Kier alpha value is -0.120. The monoisotopic (exact) mass is 158 g/mol. The molecule has 66 valence electrons. The zero-order valence-corrected chi connectivity index (χ0v) is 7.14. The fourth-order valence-corrected chi connectivity index (χ4v) is 1.62. The van der Waals surface area contributed by atoms with Crippen molar-refractivity contribution in [3.05, 3.63) is 0 Å². The first-order valence-electron chi connectivity index (χ1n) is 4.28. The number of hydrogen-bond donors (Lipinski definition) is 3. The van der Waals surface area contributed by atoms with Crippen LogP contribution < -0.4 is 11.1 Å². The zero-order valence-electron chi connectivity index (χ0n) is 7.14. The van der Waals surface area contributed by atoms with E-state index in [4.69, 9.17) is 5.73 Å². The first kappa shape index (κ1) is 8.97. The Labute approximate surface area is 68.0 Å². The largest absolute Gasteiger partial charge is 0.391 e. The molecule has 0 aliphatic carbocycles.